The van der Waals surface area contributed by atoms with Gasteiger partial charge in [0.05, 0.1) is 16.2 Å². The third kappa shape index (κ3) is 4.65. The number of benzene rings is 11. The van der Waals surface area contributed by atoms with Gasteiger partial charge in [-0.1, -0.05) is 249 Å². The van der Waals surface area contributed by atoms with Gasteiger partial charge in [0.15, 0.2) is 0 Å². The van der Waals surface area contributed by atoms with Crippen LogP contribution in [0.25, 0.3) is 72.3 Å². The fourth-order valence-corrected chi connectivity index (χ4v) is 16.6. The van der Waals surface area contributed by atoms with Crippen LogP contribution in [0.3, 0.4) is 0 Å². The van der Waals surface area contributed by atoms with Gasteiger partial charge in [0.25, 0.3) is 0 Å². The fraction of sp³-hybridized carbons (Fsp3) is 0.0667. The van der Waals surface area contributed by atoms with Gasteiger partial charge in [-0.2, -0.15) is 0 Å². The number of fused-ring (bicyclic) bond motifs is 30. The van der Waals surface area contributed by atoms with Gasteiger partial charge in [0.2, 0.25) is 0 Å². The Hall–Kier alpha value is -9.10. The standard InChI is InChI=1S/C75H46/c1-9-25-61-49(17-1)50-18-2-10-26-62(50)73(61)65-29-13-7-23-55(65)57-37-33-45(41-69(57)73)47-35-39-59-60-40-36-48(44-72(60)75(71(59)43-47)67-31-15-5-21-53(67)54-22-6-16-32-68(54)75)46-34-38-58-56-24-8-14-30-66(56)74(70(58)42-46)63-27-11-3-19-51(63)52-20-4-12-28-64(52)74/h1-44,59,71H. The molecule has 0 radical (unpaired) electrons. The van der Waals surface area contributed by atoms with Crippen LogP contribution in [0.15, 0.2) is 267 Å². The zero-order chi connectivity index (χ0) is 48.8. The molecule has 3 spiro atoms. The lowest BCUT2D eigenvalue weighted by Crippen LogP contribution is -2.33. The van der Waals surface area contributed by atoms with Crippen molar-refractivity contribution in [3.63, 3.8) is 0 Å². The summed E-state index contributed by atoms with van der Waals surface area (Å²) in [6.07, 6.45) is 7.69. The second-order valence-electron chi connectivity index (χ2n) is 22.0. The van der Waals surface area contributed by atoms with Gasteiger partial charge in [0, 0.05) is 11.8 Å². The van der Waals surface area contributed by atoms with Gasteiger partial charge >= 0.3 is 0 Å². The summed E-state index contributed by atoms with van der Waals surface area (Å²) in [5, 5.41) is 0. The van der Waals surface area contributed by atoms with Crippen LogP contribution >= 0.6 is 0 Å². The van der Waals surface area contributed by atoms with E-state index in [0.29, 0.717) is 0 Å². The number of rotatable bonds is 2. The summed E-state index contributed by atoms with van der Waals surface area (Å²) < 4.78 is 0. The summed E-state index contributed by atoms with van der Waals surface area (Å²) in [5.41, 5.74) is 33.9. The molecule has 0 heterocycles. The summed E-state index contributed by atoms with van der Waals surface area (Å²) in [6.45, 7) is 0. The van der Waals surface area contributed by atoms with Gasteiger partial charge < -0.3 is 0 Å². The normalized spacial score (nSPS) is 18.2. The Morgan fingerprint density at radius 2 is 0.560 bits per heavy atom. The molecule has 2 unspecified atom stereocenters. The maximum absolute atomic E-state index is 2.68. The molecule has 11 aromatic rings. The van der Waals surface area contributed by atoms with Gasteiger partial charge in [-0.05, 0) is 163 Å². The van der Waals surface area contributed by atoms with Crippen LogP contribution in [0.2, 0.25) is 0 Å². The molecular formula is C75H46. The first-order valence-electron chi connectivity index (χ1n) is 26.8. The first-order chi connectivity index (χ1) is 37.2. The maximum atomic E-state index is 2.68. The zero-order valence-corrected chi connectivity index (χ0v) is 41.1. The van der Waals surface area contributed by atoms with E-state index in [-0.39, 0.29) is 11.8 Å². The molecule has 346 valence electrons. The minimum atomic E-state index is -0.408. The van der Waals surface area contributed by atoms with Gasteiger partial charge in [-0.3, -0.25) is 0 Å². The predicted molar refractivity (Wildman–Crippen MR) is 306 cm³/mol. The van der Waals surface area contributed by atoms with Crippen LogP contribution in [-0.2, 0) is 16.2 Å². The van der Waals surface area contributed by atoms with E-state index in [1.807, 2.05) is 0 Å². The average Bonchev–Trinajstić information content (AvgIpc) is 4.42. The Labute approximate surface area is 437 Å². The maximum Gasteiger partial charge on any atom is 0.0725 e. The van der Waals surface area contributed by atoms with Crippen LogP contribution in [0.1, 0.15) is 78.2 Å². The molecular weight excluding hydrogens is 901 g/mol. The third-order valence-electron chi connectivity index (χ3n) is 19.2. The van der Waals surface area contributed by atoms with E-state index in [2.05, 4.69) is 267 Å². The highest BCUT2D eigenvalue weighted by Gasteiger charge is 2.58. The van der Waals surface area contributed by atoms with E-state index in [9.17, 15) is 0 Å². The Kier molecular flexibility index (Phi) is 7.61. The number of hydrogen-bond acceptors (Lipinski definition) is 0. The van der Waals surface area contributed by atoms with Crippen LogP contribution in [0.5, 0.6) is 0 Å². The van der Waals surface area contributed by atoms with Crippen molar-refractivity contribution in [3.8, 4) is 66.8 Å². The molecule has 0 bridgehead atoms. The highest BCUT2D eigenvalue weighted by molar-refractivity contribution is 5.98. The molecule has 75 heavy (non-hydrogen) atoms. The highest BCUT2D eigenvalue weighted by Crippen LogP contribution is 2.68. The van der Waals surface area contributed by atoms with Crippen molar-refractivity contribution in [1.29, 1.82) is 0 Å². The quantitative estimate of drug-likeness (QED) is 0.162. The molecule has 18 rings (SSSR count). The van der Waals surface area contributed by atoms with Crippen molar-refractivity contribution >= 4 is 5.57 Å². The summed E-state index contributed by atoms with van der Waals surface area (Å²) >= 11 is 0. The fourth-order valence-electron chi connectivity index (χ4n) is 16.6. The molecule has 7 aliphatic rings. The summed E-state index contributed by atoms with van der Waals surface area (Å²) in [7, 11) is 0. The number of hydrogen-bond donors (Lipinski definition) is 0. The Morgan fingerprint density at radius 3 is 0.973 bits per heavy atom. The molecule has 0 aromatic heterocycles. The number of allylic oxidation sites excluding steroid dienone is 4. The van der Waals surface area contributed by atoms with Gasteiger partial charge in [0.1, 0.15) is 0 Å². The van der Waals surface area contributed by atoms with E-state index >= 15 is 0 Å². The van der Waals surface area contributed by atoms with E-state index in [1.165, 1.54) is 145 Å². The molecule has 0 amide bonds. The smallest absolute Gasteiger partial charge is 0.0725 e. The molecule has 0 fully saturated rings. The molecule has 2 atom stereocenters. The monoisotopic (exact) mass is 946 g/mol. The molecule has 0 nitrogen and oxygen atoms in total. The lowest BCUT2D eigenvalue weighted by atomic mass is 9.64. The average molecular weight is 947 g/mol. The minimum absolute atomic E-state index is 0.143. The largest absolute Gasteiger partial charge is 0.0757 e. The van der Waals surface area contributed by atoms with Crippen LogP contribution in [-0.4, -0.2) is 0 Å². The first-order valence-corrected chi connectivity index (χ1v) is 26.8. The van der Waals surface area contributed by atoms with Crippen molar-refractivity contribution in [1.82, 2.24) is 0 Å². The summed E-state index contributed by atoms with van der Waals surface area (Å²) in [6, 6.07) is 95.8. The van der Waals surface area contributed by atoms with Gasteiger partial charge in [-0.25, -0.2) is 0 Å². The third-order valence-corrected chi connectivity index (χ3v) is 19.2. The van der Waals surface area contributed by atoms with Crippen molar-refractivity contribution in [2.75, 3.05) is 0 Å². The summed E-state index contributed by atoms with van der Waals surface area (Å²) in [5.74, 6) is 0.337. The second-order valence-corrected chi connectivity index (χ2v) is 22.0. The van der Waals surface area contributed by atoms with E-state index in [4.69, 9.17) is 0 Å². The van der Waals surface area contributed by atoms with Crippen LogP contribution in [0, 0.1) is 5.92 Å². The highest BCUT2D eigenvalue weighted by atomic mass is 14.6. The lowest BCUT2D eigenvalue weighted by molar-refractivity contribution is 0.467. The van der Waals surface area contributed by atoms with Crippen LogP contribution < -0.4 is 0 Å². The first kappa shape index (κ1) is 40.4. The molecule has 0 saturated carbocycles. The van der Waals surface area contributed by atoms with Crippen LogP contribution in [0.4, 0.5) is 0 Å². The minimum Gasteiger partial charge on any atom is -0.0757 e. The second kappa shape index (κ2) is 14.1. The predicted octanol–water partition coefficient (Wildman–Crippen LogP) is 17.7. The zero-order valence-electron chi connectivity index (χ0n) is 41.1. The summed E-state index contributed by atoms with van der Waals surface area (Å²) in [4.78, 5) is 0. The molecule has 0 N–H and O–H groups in total. The topological polar surface area (TPSA) is 0 Å². The molecule has 0 aliphatic heterocycles. The Bertz CT molecular complexity index is 4280. The molecule has 0 heteroatoms. The van der Waals surface area contributed by atoms with E-state index in [1.54, 1.807) is 0 Å². The molecule has 11 aromatic carbocycles. The molecule has 0 saturated heterocycles. The van der Waals surface area contributed by atoms with Crippen molar-refractivity contribution < 1.29 is 0 Å². The van der Waals surface area contributed by atoms with Crippen molar-refractivity contribution in [2.45, 2.75) is 22.2 Å². The van der Waals surface area contributed by atoms with Gasteiger partial charge in [-0.15, -0.1) is 0 Å². The Balaban J connectivity index is 0.836. The van der Waals surface area contributed by atoms with E-state index < -0.39 is 16.2 Å². The lowest BCUT2D eigenvalue weighted by Gasteiger charge is -2.37. The van der Waals surface area contributed by atoms with E-state index in [0.717, 1.165) is 0 Å². The SMILES string of the molecule is C1=CC2c3ccc(-c4ccc5c(c4)C4(c6ccccc6-c6ccccc64)c4ccccc4-5)cc3C3(c4ccccc4-c4ccccc43)C2C=C1c1ccc2c(c1)C1(c3ccccc3-c3ccccc31)c1ccccc1-2. The van der Waals surface area contributed by atoms with Crippen molar-refractivity contribution in [2.24, 2.45) is 5.92 Å². The van der Waals surface area contributed by atoms with Crippen molar-refractivity contribution in [3.05, 3.63) is 339 Å². The Morgan fingerprint density at radius 1 is 0.253 bits per heavy atom. The molecule has 7 aliphatic carbocycles.